The standard InChI is InChI=1S/C21H27N5O2/c1-3-6-14(2)20-15-13-25(11-9-16(15)23-24-20)19(27)10-12-26-18-8-5-4-7-17(18)22-21(26)28/h4-5,7-8,14H,3,6,9-13H2,1-2H3,(H,22,28)(H,23,24)/t14-/m1/s1. The van der Waals surface area contributed by atoms with E-state index in [4.69, 9.17) is 0 Å². The summed E-state index contributed by atoms with van der Waals surface area (Å²) in [6.45, 7) is 6.06. The first-order chi connectivity index (χ1) is 13.6. The minimum atomic E-state index is -0.166. The zero-order valence-corrected chi connectivity index (χ0v) is 16.5. The van der Waals surface area contributed by atoms with E-state index in [9.17, 15) is 9.59 Å². The number of fused-ring (bicyclic) bond motifs is 2. The Kier molecular flexibility index (Phi) is 5.07. The normalized spacial score (nSPS) is 15.0. The summed E-state index contributed by atoms with van der Waals surface area (Å²) in [6, 6.07) is 7.57. The number of carbonyl (C=O) groups excluding carboxylic acids is 1. The number of nitrogens with zero attached hydrogens (tertiary/aromatic N) is 3. The van der Waals surface area contributed by atoms with Crippen LogP contribution in [0.3, 0.4) is 0 Å². The molecule has 0 unspecified atom stereocenters. The quantitative estimate of drug-likeness (QED) is 0.688. The first-order valence-corrected chi connectivity index (χ1v) is 10.1. The molecule has 1 aromatic carbocycles. The Balaban J connectivity index is 1.46. The van der Waals surface area contributed by atoms with Gasteiger partial charge in [0.2, 0.25) is 5.91 Å². The van der Waals surface area contributed by atoms with Crippen LogP contribution in [0, 0.1) is 0 Å². The third-order valence-electron chi connectivity index (χ3n) is 5.74. The Morgan fingerprint density at radius 3 is 2.96 bits per heavy atom. The molecular formula is C21H27N5O2. The molecular weight excluding hydrogens is 354 g/mol. The summed E-state index contributed by atoms with van der Waals surface area (Å²) in [5, 5.41) is 7.70. The van der Waals surface area contributed by atoms with E-state index in [0.29, 0.717) is 32.0 Å². The number of nitrogens with one attached hydrogen (secondary N) is 2. The maximum absolute atomic E-state index is 12.8. The van der Waals surface area contributed by atoms with Crippen LogP contribution >= 0.6 is 0 Å². The van der Waals surface area contributed by atoms with Crippen molar-refractivity contribution in [3.8, 4) is 0 Å². The van der Waals surface area contributed by atoms with Gasteiger partial charge in [0.05, 0.1) is 16.7 Å². The molecule has 1 amide bonds. The lowest BCUT2D eigenvalue weighted by Gasteiger charge is -2.28. The van der Waals surface area contributed by atoms with E-state index in [-0.39, 0.29) is 11.6 Å². The van der Waals surface area contributed by atoms with Crippen LogP contribution in [0.25, 0.3) is 11.0 Å². The molecule has 2 N–H and O–H groups in total. The average molecular weight is 381 g/mol. The summed E-state index contributed by atoms with van der Waals surface area (Å²) in [4.78, 5) is 29.8. The highest BCUT2D eigenvalue weighted by Gasteiger charge is 2.26. The van der Waals surface area contributed by atoms with Gasteiger partial charge in [0, 0.05) is 49.7 Å². The van der Waals surface area contributed by atoms with Gasteiger partial charge in [-0.15, -0.1) is 0 Å². The highest BCUT2D eigenvalue weighted by molar-refractivity contribution is 5.78. The lowest BCUT2D eigenvalue weighted by atomic mass is 9.95. The third-order valence-corrected chi connectivity index (χ3v) is 5.74. The Morgan fingerprint density at radius 1 is 1.32 bits per heavy atom. The van der Waals surface area contributed by atoms with Crippen LogP contribution in [0.4, 0.5) is 0 Å². The van der Waals surface area contributed by atoms with Crippen LogP contribution in [0.15, 0.2) is 29.1 Å². The Labute approximate surface area is 163 Å². The maximum Gasteiger partial charge on any atom is 0.326 e. The Morgan fingerprint density at radius 2 is 2.14 bits per heavy atom. The van der Waals surface area contributed by atoms with E-state index in [2.05, 4.69) is 29.0 Å². The second kappa shape index (κ2) is 7.66. The van der Waals surface area contributed by atoms with E-state index >= 15 is 0 Å². The minimum Gasteiger partial charge on any atom is -0.338 e. The molecule has 1 atom stereocenters. The molecule has 3 aromatic rings. The molecule has 7 nitrogen and oxygen atoms in total. The van der Waals surface area contributed by atoms with Crippen molar-refractivity contribution in [1.82, 2.24) is 24.6 Å². The number of H-pyrrole nitrogens is 2. The van der Waals surface area contributed by atoms with Gasteiger partial charge in [-0.3, -0.25) is 14.5 Å². The van der Waals surface area contributed by atoms with Crippen molar-refractivity contribution in [3.05, 3.63) is 51.7 Å². The summed E-state index contributed by atoms with van der Waals surface area (Å²) in [5.74, 6) is 0.475. The summed E-state index contributed by atoms with van der Waals surface area (Å²) in [5.41, 5.74) is 4.92. The molecule has 0 radical (unpaired) electrons. The predicted molar refractivity (Wildman–Crippen MR) is 108 cm³/mol. The molecule has 0 saturated heterocycles. The number of aromatic amines is 2. The number of imidazole rings is 1. The number of benzene rings is 1. The molecule has 148 valence electrons. The molecule has 2 aromatic heterocycles. The molecule has 0 bridgehead atoms. The van der Waals surface area contributed by atoms with Crippen LogP contribution in [0.1, 0.15) is 56.0 Å². The van der Waals surface area contributed by atoms with Gasteiger partial charge >= 0.3 is 5.69 Å². The average Bonchev–Trinajstić information content (AvgIpc) is 3.26. The summed E-state index contributed by atoms with van der Waals surface area (Å²) in [6.07, 6.45) is 3.33. The van der Waals surface area contributed by atoms with Crippen LogP contribution in [-0.2, 0) is 24.3 Å². The Hall–Kier alpha value is -2.83. The first kappa shape index (κ1) is 18.5. The fourth-order valence-corrected chi connectivity index (χ4v) is 4.20. The Bertz CT molecular complexity index is 1040. The molecule has 0 saturated carbocycles. The summed E-state index contributed by atoms with van der Waals surface area (Å²) >= 11 is 0. The van der Waals surface area contributed by atoms with Gasteiger partial charge in [-0.25, -0.2) is 4.79 Å². The van der Waals surface area contributed by atoms with E-state index in [1.54, 1.807) is 4.57 Å². The zero-order valence-electron chi connectivity index (χ0n) is 16.5. The number of aryl methyl sites for hydroxylation is 1. The summed E-state index contributed by atoms with van der Waals surface area (Å²) in [7, 11) is 0. The first-order valence-electron chi connectivity index (χ1n) is 10.1. The fraction of sp³-hybridized carbons (Fsp3) is 0.476. The molecule has 0 spiro atoms. The minimum absolute atomic E-state index is 0.0816. The predicted octanol–water partition coefficient (Wildman–Crippen LogP) is 2.93. The van der Waals surface area contributed by atoms with Crippen LogP contribution < -0.4 is 5.69 Å². The smallest absolute Gasteiger partial charge is 0.326 e. The molecule has 4 rings (SSSR count). The van der Waals surface area contributed by atoms with Gasteiger partial charge in [0.25, 0.3) is 0 Å². The molecule has 0 fully saturated rings. The maximum atomic E-state index is 12.8. The zero-order chi connectivity index (χ0) is 19.7. The lowest BCUT2D eigenvalue weighted by molar-refractivity contribution is -0.132. The highest BCUT2D eigenvalue weighted by atomic mass is 16.2. The molecule has 7 heteroatoms. The van der Waals surface area contributed by atoms with Crippen molar-refractivity contribution >= 4 is 16.9 Å². The fourth-order valence-electron chi connectivity index (χ4n) is 4.20. The largest absolute Gasteiger partial charge is 0.338 e. The van der Waals surface area contributed by atoms with Crippen molar-refractivity contribution in [2.24, 2.45) is 0 Å². The van der Waals surface area contributed by atoms with Crippen LogP contribution in [0.5, 0.6) is 0 Å². The topological polar surface area (TPSA) is 86.8 Å². The van der Waals surface area contributed by atoms with Crippen molar-refractivity contribution in [2.75, 3.05) is 6.54 Å². The SMILES string of the molecule is CCC[C@@H](C)c1n[nH]c2c1CN(C(=O)CCn1c(=O)[nH]c3ccccc31)CC2. The molecule has 1 aliphatic rings. The van der Waals surface area contributed by atoms with E-state index in [1.165, 1.54) is 5.56 Å². The van der Waals surface area contributed by atoms with E-state index in [0.717, 1.165) is 41.7 Å². The van der Waals surface area contributed by atoms with Crippen molar-refractivity contribution in [1.29, 1.82) is 0 Å². The number of aromatic nitrogens is 4. The van der Waals surface area contributed by atoms with Crippen molar-refractivity contribution < 1.29 is 4.79 Å². The number of amides is 1. The van der Waals surface area contributed by atoms with Gasteiger partial charge in [-0.2, -0.15) is 5.10 Å². The van der Waals surface area contributed by atoms with Crippen LogP contribution in [0.2, 0.25) is 0 Å². The number of rotatable bonds is 6. The number of carbonyl (C=O) groups is 1. The van der Waals surface area contributed by atoms with E-state index < -0.39 is 0 Å². The molecule has 3 heterocycles. The van der Waals surface area contributed by atoms with Crippen molar-refractivity contribution in [2.45, 2.75) is 58.5 Å². The lowest BCUT2D eigenvalue weighted by Crippen LogP contribution is -2.37. The third kappa shape index (κ3) is 3.37. The van der Waals surface area contributed by atoms with Gasteiger partial charge in [0.15, 0.2) is 0 Å². The van der Waals surface area contributed by atoms with Crippen molar-refractivity contribution in [3.63, 3.8) is 0 Å². The molecule has 28 heavy (non-hydrogen) atoms. The van der Waals surface area contributed by atoms with Gasteiger partial charge < -0.3 is 9.88 Å². The highest BCUT2D eigenvalue weighted by Crippen LogP contribution is 2.28. The summed E-state index contributed by atoms with van der Waals surface area (Å²) < 4.78 is 1.65. The van der Waals surface area contributed by atoms with Gasteiger partial charge in [-0.05, 0) is 18.6 Å². The number of hydrogen-bond acceptors (Lipinski definition) is 3. The van der Waals surface area contributed by atoms with Crippen LogP contribution in [-0.4, -0.2) is 37.1 Å². The van der Waals surface area contributed by atoms with Gasteiger partial charge in [-0.1, -0.05) is 32.4 Å². The molecule has 1 aliphatic heterocycles. The number of hydrogen-bond donors (Lipinski definition) is 2. The van der Waals surface area contributed by atoms with E-state index in [1.807, 2.05) is 29.2 Å². The second-order valence-corrected chi connectivity index (χ2v) is 7.67. The number of para-hydroxylation sites is 2. The monoisotopic (exact) mass is 381 g/mol. The van der Waals surface area contributed by atoms with Gasteiger partial charge in [0.1, 0.15) is 0 Å². The molecule has 0 aliphatic carbocycles. The second-order valence-electron chi connectivity index (χ2n) is 7.67.